The minimum absolute atomic E-state index is 0.00839. The summed E-state index contributed by atoms with van der Waals surface area (Å²) in [5.74, 6) is 0.827. The lowest BCUT2D eigenvalue weighted by Gasteiger charge is -2.17. The lowest BCUT2D eigenvalue weighted by atomic mass is 10.0. The van der Waals surface area contributed by atoms with Crippen LogP contribution in [0.3, 0.4) is 0 Å². The van der Waals surface area contributed by atoms with E-state index in [2.05, 4.69) is 21.7 Å². The van der Waals surface area contributed by atoms with Gasteiger partial charge in [0.05, 0.1) is 6.61 Å². The zero-order valence-electron chi connectivity index (χ0n) is 20.1. The standard InChI is InChI=1S/C28H32N4O3/c1-32(28(34)22-6-3-2-4-7-22)16-15-29-20-21-11-13-30-24(18-21)8-5-17-35-25-9-10-26-23(19-25)12-14-31-27(26)33/h2-4,6-7,9-11,13,18-19,29H,5,8,12,14-17,20H2,1H3,(H,31,33). The molecule has 0 atom stereocenters. The Bertz CT molecular complexity index is 1150. The molecule has 2 aromatic carbocycles. The first-order chi connectivity index (χ1) is 17.1. The summed E-state index contributed by atoms with van der Waals surface area (Å²) in [4.78, 5) is 30.5. The lowest BCUT2D eigenvalue weighted by Crippen LogP contribution is -2.33. The molecule has 3 aromatic rings. The number of carbonyl (C=O) groups is 2. The van der Waals surface area contributed by atoms with Crippen LogP contribution in [0.4, 0.5) is 0 Å². The summed E-state index contributed by atoms with van der Waals surface area (Å²) in [5, 5.41) is 6.27. The van der Waals surface area contributed by atoms with Crippen LogP contribution in [0.15, 0.2) is 66.9 Å². The number of aromatic nitrogens is 1. The molecular formula is C28H32N4O3. The molecule has 0 fully saturated rings. The topological polar surface area (TPSA) is 83.6 Å². The van der Waals surface area contributed by atoms with Gasteiger partial charge in [0.1, 0.15) is 5.75 Å². The normalized spacial score (nSPS) is 12.5. The fourth-order valence-electron chi connectivity index (χ4n) is 4.09. The molecule has 7 heteroatoms. The van der Waals surface area contributed by atoms with E-state index in [1.807, 2.05) is 67.8 Å². The maximum Gasteiger partial charge on any atom is 0.253 e. The first kappa shape index (κ1) is 24.4. The first-order valence-corrected chi connectivity index (χ1v) is 12.1. The van der Waals surface area contributed by atoms with E-state index in [9.17, 15) is 9.59 Å². The number of likely N-dealkylation sites (N-methyl/N-ethyl adjacent to an activating group) is 1. The summed E-state index contributed by atoms with van der Waals surface area (Å²) in [6.07, 6.45) is 4.36. The number of fused-ring (bicyclic) bond motifs is 1. The number of hydrogen-bond acceptors (Lipinski definition) is 5. The number of hydrogen-bond donors (Lipinski definition) is 2. The highest BCUT2D eigenvalue weighted by Crippen LogP contribution is 2.21. The second kappa shape index (κ2) is 12.1. The predicted octanol–water partition coefficient (Wildman–Crippen LogP) is 3.24. The molecule has 0 aliphatic carbocycles. The molecule has 0 radical (unpaired) electrons. The molecule has 7 nitrogen and oxygen atoms in total. The van der Waals surface area contributed by atoms with Gasteiger partial charge in [-0.1, -0.05) is 18.2 Å². The summed E-state index contributed by atoms with van der Waals surface area (Å²) in [5.41, 5.74) is 4.69. The minimum Gasteiger partial charge on any atom is -0.494 e. The number of amides is 2. The van der Waals surface area contributed by atoms with E-state index in [0.29, 0.717) is 31.8 Å². The van der Waals surface area contributed by atoms with Crippen molar-refractivity contribution < 1.29 is 14.3 Å². The van der Waals surface area contributed by atoms with Crippen molar-refractivity contribution in [1.82, 2.24) is 20.5 Å². The highest BCUT2D eigenvalue weighted by molar-refractivity contribution is 5.96. The van der Waals surface area contributed by atoms with Crippen LogP contribution in [0, 0.1) is 0 Å². The zero-order chi connectivity index (χ0) is 24.5. The number of nitrogens with zero attached hydrogens (tertiary/aromatic N) is 2. The van der Waals surface area contributed by atoms with Crippen molar-refractivity contribution in [3.8, 4) is 5.75 Å². The van der Waals surface area contributed by atoms with Crippen LogP contribution in [0.1, 0.15) is 44.0 Å². The van der Waals surface area contributed by atoms with Crippen molar-refractivity contribution in [3.05, 3.63) is 94.8 Å². The van der Waals surface area contributed by atoms with Crippen LogP contribution in [0.5, 0.6) is 5.75 Å². The Kier molecular flexibility index (Phi) is 8.46. The van der Waals surface area contributed by atoms with E-state index >= 15 is 0 Å². The van der Waals surface area contributed by atoms with Gasteiger partial charge in [-0.2, -0.15) is 0 Å². The molecule has 1 aromatic heterocycles. The average molecular weight is 473 g/mol. The Morgan fingerprint density at radius 1 is 1.14 bits per heavy atom. The van der Waals surface area contributed by atoms with Crippen molar-refractivity contribution in [1.29, 1.82) is 0 Å². The lowest BCUT2D eigenvalue weighted by molar-refractivity contribution is 0.0795. The van der Waals surface area contributed by atoms with Gasteiger partial charge in [0.15, 0.2) is 0 Å². The van der Waals surface area contributed by atoms with E-state index in [4.69, 9.17) is 4.74 Å². The van der Waals surface area contributed by atoms with Crippen molar-refractivity contribution >= 4 is 11.8 Å². The Hall–Kier alpha value is -3.71. The summed E-state index contributed by atoms with van der Waals surface area (Å²) in [7, 11) is 1.82. The third-order valence-corrected chi connectivity index (χ3v) is 6.05. The molecular weight excluding hydrogens is 440 g/mol. The molecule has 0 saturated heterocycles. The van der Waals surface area contributed by atoms with Crippen LogP contribution < -0.4 is 15.4 Å². The third-order valence-electron chi connectivity index (χ3n) is 6.05. The molecule has 1 aliphatic rings. The summed E-state index contributed by atoms with van der Waals surface area (Å²) in [6.45, 7) is 3.34. The van der Waals surface area contributed by atoms with Gasteiger partial charge < -0.3 is 20.3 Å². The quantitative estimate of drug-likeness (QED) is 0.419. The number of aryl methyl sites for hydroxylation is 1. The van der Waals surface area contributed by atoms with Gasteiger partial charge in [0.25, 0.3) is 11.8 Å². The predicted molar refractivity (Wildman–Crippen MR) is 136 cm³/mol. The van der Waals surface area contributed by atoms with Crippen molar-refractivity contribution in [2.45, 2.75) is 25.8 Å². The third kappa shape index (κ3) is 6.90. The first-order valence-electron chi connectivity index (χ1n) is 12.1. The fraction of sp³-hybridized carbons (Fsp3) is 0.321. The van der Waals surface area contributed by atoms with Gasteiger partial charge >= 0.3 is 0 Å². The molecule has 0 unspecified atom stereocenters. The number of carbonyl (C=O) groups excluding carboxylic acids is 2. The maximum absolute atomic E-state index is 12.4. The fourth-order valence-corrected chi connectivity index (χ4v) is 4.09. The maximum atomic E-state index is 12.4. The van der Waals surface area contributed by atoms with E-state index in [1.54, 1.807) is 4.90 Å². The molecule has 0 saturated carbocycles. The Morgan fingerprint density at radius 3 is 2.86 bits per heavy atom. The molecule has 2 N–H and O–H groups in total. The van der Waals surface area contributed by atoms with E-state index < -0.39 is 0 Å². The smallest absolute Gasteiger partial charge is 0.253 e. The Labute approximate surface area is 206 Å². The zero-order valence-corrected chi connectivity index (χ0v) is 20.1. The van der Waals surface area contributed by atoms with Gasteiger partial charge in [0, 0.05) is 56.2 Å². The molecule has 4 rings (SSSR count). The molecule has 35 heavy (non-hydrogen) atoms. The molecule has 1 aliphatic heterocycles. The molecule has 0 bridgehead atoms. The Morgan fingerprint density at radius 2 is 2.00 bits per heavy atom. The van der Waals surface area contributed by atoms with E-state index in [0.717, 1.165) is 48.4 Å². The van der Waals surface area contributed by atoms with Crippen molar-refractivity contribution in [3.63, 3.8) is 0 Å². The van der Waals surface area contributed by atoms with Gasteiger partial charge in [-0.25, -0.2) is 0 Å². The van der Waals surface area contributed by atoms with Gasteiger partial charge in [-0.15, -0.1) is 0 Å². The van der Waals surface area contributed by atoms with Crippen LogP contribution in [0.2, 0.25) is 0 Å². The van der Waals surface area contributed by atoms with Crippen LogP contribution in [0.25, 0.3) is 0 Å². The SMILES string of the molecule is CN(CCNCc1ccnc(CCCOc2ccc3c(c2)CCNC3=O)c1)C(=O)c1ccccc1. The second-order valence-corrected chi connectivity index (χ2v) is 8.70. The molecule has 0 spiro atoms. The molecule has 2 heterocycles. The van der Waals surface area contributed by atoms with Crippen molar-refractivity contribution in [2.75, 3.05) is 33.3 Å². The van der Waals surface area contributed by atoms with Gasteiger partial charge in [-0.05, 0) is 72.9 Å². The van der Waals surface area contributed by atoms with Crippen LogP contribution >= 0.6 is 0 Å². The number of benzene rings is 2. The second-order valence-electron chi connectivity index (χ2n) is 8.70. The summed E-state index contributed by atoms with van der Waals surface area (Å²) in [6, 6.07) is 19.1. The summed E-state index contributed by atoms with van der Waals surface area (Å²) < 4.78 is 5.91. The molecule has 182 valence electrons. The van der Waals surface area contributed by atoms with Crippen LogP contribution in [-0.2, 0) is 19.4 Å². The average Bonchev–Trinajstić information content (AvgIpc) is 2.89. The monoisotopic (exact) mass is 472 g/mol. The number of nitrogens with one attached hydrogen (secondary N) is 2. The van der Waals surface area contributed by atoms with Gasteiger partial charge in [-0.3, -0.25) is 14.6 Å². The van der Waals surface area contributed by atoms with Gasteiger partial charge in [0.2, 0.25) is 0 Å². The highest BCUT2D eigenvalue weighted by Gasteiger charge is 2.16. The number of ether oxygens (including phenoxy) is 1. The number of pyridine rings is 1. The summed E-state index contributed by atoms with van der Waals surface area (Å²) >= 11 is 0. The number of rotatable bonds is 11. The minimum atomic E-state index is -0.00839. The van der Waals surface area contributed by atoms with E-state index in [-0.39, 0.29) is 11.8 Å². The Balaban J connectivity index is 1.16. The van der Waals surface area contributed by atoms with Crippen molar-refractivity contribution in [2.24, 2.45) is 0 Å². The molecule has 2 amide bonds. The highest BCUT2D eigenvalue weighted by atomic mass is 16.5. The van der Waals surface area contributed by atoms with Crippen LogP contribution in [-0.4, -0.2) is 55.0 Å². The van der Waals surface area contributed by atoms with E-state index in [1.165, 1.54) is 5.56 Å². The largest absolute Gasteiger partial charge is 0.494 e.